The average Bonchev–Trinajstić information content (AvgIpc) is 2.14. The molecule has 0 amide bonds. The zero-order valence-electron chi connectivity index (χ0n) is 10.1. The lowest BCUT2D eigenvalue weighted by atomic mass is 10.9. The lowest BCUT2D eigenvalue weighted by Gasteiger charge is -2.26. The molecule has 0 aromatic carbocycles. The molecule has 0 atom stereocenters. The quantitative estimate of drug-likeness (QED) is 0.603. The summed E-state index contributed by atoms with van der Waals surface area (Å²) in [6.07, 6.45) is 0. The molecule has 0 aliphatic rings. The number of rotatable bonds is 7. The Hall–Kier alpha value is -0.126. The summed E-state index contributed by atoms with van der Waals surface area (Å²) in [6, 6.07) is 2.46. The molecule has 0 bridgehead atoms. The average molecular weight is 228 g/mol. The maximum Gasteiger partial charge on any atom is 0.186 e. The molecule has 14 heavy (non-hydrogen) atoms. The Morgan fingerprint density at radius 1 is 1.07 bits per heavy atom. The largest absolute Gasteiger partial charge is 0.418 e. The van der Waals surface area contributed by atoms with E-state index in [4.69, 9.17) is 4.43 Å². The van der Waals surface area contributed by atoms with E-state index in [1.807, 2.05) is 0 Å². The third-order valence-corrected chi connectivity index (χ3v) is 8.95. The van der Waals surface area contributed by atoms with Gasteiger partial charge in [-0.05, 0) is 26.1 Å². The fourth-order valence-electron chi connectivity index (χ4n) is 1.32. The molecule has 0 spiro atoms. The first kappa shape index (κ1) is 13.9. The molecule has 0 heterocycles. The predicted octanol–water partition coefficient (Wildman–Crippen LogP) is 3.76. The summed E-state index contributed by atoms with van der Waals surface area (Å²) in [5, 5.41) is 0. The Morgan fingerprint density at radius 2 is 1.57 bits per heavy atom. The monoisotopic (exact) mass is 228 g/mol. The Morgan fingerprint density at radius 3 is 1.93 bits per heavy atom. The van der Waals surface area contributed by atoms with Crippen LogP contribution in [0.2, 0.25) is 31.7 Å². The summed E-state index contributed by atoms with van der Waals surface area (Å²) in [7, 11) is -2.76. The van der Waals surface area contributed by atoms with Gasteiger partial charge < -0.3 is 4.43 Å². The van der Waals surface area contributed by atoms with Gasteiger partial charge in [0.25, 0.3) is 0 Å². The van der Waals surface area contributed by atoms with Crippen molar-refractivity contribution in [3.05, 3.63) is 24.6 Å². The van der Waals surface area contributed by atoms with Crippen molar-refractivity contribution in [2.24, 2.45) is 0 Å². The van der Waals surface area contributed by atoms with Crippen molar-refractivity contribution in [1.29, 1.82) is 0 Å². The summed E-state index contributed by atoms with van der Waals surface area (Å²) < 4.78 is 5.81. The van der Waals surface area contributed by atoms with Gasteiger partial charge in [-0.15, -0.1) is 13.2 Å². The van der Waals surface area contributed by atoms with E-state index in [0.717, 1.165) is 6.61 Å². The molecular weight excluding hydrogens is 204 g/mol. The summed E-state index contributed by atoms with van der Waals surface area (Å²) in [5.41, 5.74) is 4.24. The fraction of sp³-hybridized carbons (Fsp3) is 0.636. The van der Waals surface area contributed by atoms with Gasteiger partial charge in [0, 0.05) is 6.61 Å². The lowest BCUT2D eigenvalue weighted by molar-refractivity contribution is 0.330. The van der Waals surface area contributed by atoms with Crippen molar-refractivity contribution in [3.8, 4) is 0 Å². The van der Waals surface area contributed by atoms with E-state index in [2.05, 4.69) is 51.1 Å². The van der Waals surface area contributed by atoms with Gasteiger partial charge in [-0.25, -0.2) is 0 Å². The van der Waals surface area contributed by atoms with Gasteiger partial charge in [-0.2, -0.15) is 0 Å². The predicted molar refractivity (Wildman–Crippen MR) is 70.7 cm³/mol. The summed E-state index contributed by atoms with van der Waals surface area (Å²) in [6.45, 7) is 17.6. The first-order valence-corrected chi connectivity index (χ1v) is 11.3. The maximum absolute atomic E-state index is 5.81. The molecule has 3 heteroatoms. The number of hydrogen-bond donors (Lipinski definition) is 0. The van der Waals surface area contributed by atoms with Gasteiger partial charge in [0.05, 0.1) is 8.07 Å². The van der Waals surface area contributed by atoms with Gasteiger partial charge in [-0.1, -0.05) is 24.0 Å². The Bertz CT molecular complexity index is 191. The summed E-state index contributed by atoms with van der Waals surface area (Å²) in [4.78, 5) is 0. The Kier molecular flexibility index (Phi) is 5.63. The smallest absolute Gasteiger partial charge is 0.186 e. The Balaban J connectivity index is 4.15. The molecule has 0 unspecified atom stereocenters. The molecule has 0 aromatic rings. The molecule has 0 aliphatic carbocycles. The molecule has 0 saturated carbocycles. The van der Waals surface area contributed by atoms with Crippen molar-refractivity contribution in [2.45, 2.75) is 38.7 Å². The molecule has 0 aromatic heterocycles. The molecule has 0 rings (SSSR count). The van der Waals surface area contributed by atoms with E-state index in [-0.39, 0.29) is 0 Å². The van der Waals surface area contributed by atoms with Crippen LogP contribution in [0.4, 0.5) is 0 Å². The van der Waals surface area contributed by atoms with Gasteiger partial charge in [0.2, 0.25) is 0 Å². The number of hydrogen-bond acceptors (Lipinski definition) is 1. The molecule has 0 N–H and O–H groups in total. The zero-order chi connectivity index (χ0) is 11.2. The third-order valence-electron chi connectivity index (χ3n) is 2.73. The van der Waals surface area contributed by atoms with E-state index in [1.54, 1.807) is 0 Å². The van der Waals surface area contributed by atoms with Crippen molar-refractivity contribution >= 4 is 16.4 Å². The summed E-state index contributed by atoms with van der Waals surface area (Å²) in [5.74, 6) is 0. The van der Waals surface area contributed by atoms with Gasteiger partial charge >= 0.3 is 0 Å². The van der Waals surface area contributed by atoms with Crippen LogP contribution in [-0.2, 0) is 4.43 Å². The van der Waals surface area contributed by atoms with E-state index in [9.17, 15) is 0 Å². The van der Waals surface area contributed by atoms with Crippen LogP contribution in [0.15, 0.2) is 24.6 Å². The molecule has 82 valence electrons. The highest BCUT2D eigenvalue weighted by Crippen LogP contribution is 2.22. The van der Waals surface area contributed by atoms with Crippen molar-refractivity contribution in [2.75, 3.05) is 6.61 Å². The van der Waals surface area contributed by atoms with Crippen LogP contribution < -0.4 is 0 Å². The molecule has 1 nitrogen and oxygen atoms in total. The third kappa shape index (κ3) is 4.93. The van der Waals surface area contributed by atoms with Crippen LogP contribution in [0, 0.1) is 0 Å². The van der Waals surface area contributed by atoms with Crippen LogP contribution in [0.25, 0.3) is 0 Å². The standard InChI is InChI=1S/C11H24OSi2/c1-7-12-13(4,5)10-11-14(6,8-2)9-3/h8-9H,2-3,7,10-11H2,1,4-6H3. The highest BCUT2D eigenvalue weighted by Gasteiger charge is 2.27. The zero-order valence-corrected chi connectivity index (χ0v) is 12.1. The maximum atomic E-state index is 5.81. The van der Waals surface area contributed by atoms with Crippen molar-refractivity contribution in [3.63, 3.8) is 0 Å². The summed E-state index contributed by atoms with van der Waals surface area (Å²) >= 11 is 0. The van der Waals surface area contributed by atoms with Crippen molar-refractivity contribution in [1.82, 2.24) is 0 Å². The van der Waals surface area contributed by atoms with Crippen LogP contribution in [0.1, 0.15) is 6.92 Å². The van der Waals surface area contributed by atoms with Crippen LogP contribution in [-0.4, -0.2) is 23.0 Å². The van der Waals surface area contributed by atoms with E-state index >= 15 is 0 Å². The minimum absolute atomic E-state index is 0.847. The fourth-order valence-corrected chi connectivity index (χ4v) is 7.38. The molecule has 0 fully saturated rings. The van der Waals surface area contributed by atoms with E-state index < -0.39 is 16.4 Å². The molecule has 0 radical (unpaired) electrons. The first-order valence-electron chi connectivity index (χ1n) is 5.30. The Labute approximate surface area is 91.0 Å². The second-order valence-corrected chi connectivity index (χ2v) is 13.2. The molecular formula is C11H24OSi2. The minimum atomic E-state index is -1.41. The van der Waals surface area contributed by atoms with Crippen LogP contribution >= 0.6 is 0 Å². The van der Waals surface area contributed by atoms with Gasteiger partial charge in [-0.3, -0.25) is 0 Å². The molecule has 0 saturated heterocycles. The lowest BCUT2D eigenvalue weighted by Crippen LogP contribution is -2.34. The topological polar surface area (TPSA) is 9.23 Å². The normalized spacial score (nSPS) is 12.6. The minimum Gasteiger partial charge on any atom is -0.418 e. The highest BCUT2D eigenvalue weighted by molar-refractivity contribution is 6.89. The van der Waals surface area contributed by atoms with E-state index in [1.165, 1.54) is 12.1 Å². The van der Waals surface area contributed by atoms with Crippen LogP contribution in [0.5, 0.6) is 0 Å². The second kappa shape index (κ2) is 5.68. The van der Waals surface area contributed by atoms with Gasteiger partial charge in [0.1, 0.15) is 0 Å². The van der Waals surface area contributed by atoms with Crippen molar-refractivity contribution < 1.29 is 4.43 Å². The van der Waals surface area contributed by atoms with Gasteiger partial charge in [0.15, 0.2) is 8.32 Å². The van der Waals surface area contributed by atoms with E-state index in [0.29, 0.717) is 0 Å². The second-order valence-electron chi connectivity index (χ2n) is 4.61. The first-order chi connectivity index (χ1) is 6.39. The highest BCUT2D eigenvalue weighted by atomic mass is 28.4. The SMILES string of the molecule is C=C[Si](C)(C=C)CC[Si](C)(C)OCC. The van der Waals surface area contributed by atoms with Crippen LogP contribution in [0.3, 0.4) is 0 Å². The molecule has 0 aliphatic heterocycles.